The minimum absolute atomic E-state index is 0.0150. The molecule has 3 heterocycles. The van der Waals surface area contributed by atoms with Gasteiger partial charge in [-0.25, -0.2) is 4.79 Å². The van der Waals surface area contributed by atoms with Crippen LogP contribution in [-0.2, 0) is 19.1 Å². The van der Waals surface area contributed by atoms with Crippen LogP contribution in [0.4, 0.5) is 11.4 Å². The smallest absolute Gasteiger partial charge is 0.338 e. The van der Waals surface area contributed by atoms with Gasteiger partial charge in [0.1, 0.15) is 5.75 Å². The summed E-state index contributed by atoms with van der Waals surface area (Å²) in [4.78, 5) is 70.5. The SMILES string of the molecule is CCOC(=O)c1ccc(N2C(=O)C3C4CC(C3C2=O)C2C4Sc3[nH]c(=O)sc3[C@@H]2c2ccc(OCC(=O)Nc3cccc(C)c3)cc2)cc1. The van der Waals surface area contributed by atoms with Crippen molar-refractivity contribution in [2.24, 2.45) is 29.6 Å². The maximum Gasteiger partial charge on any atom is 0.338 e. The van der Waals surface area contributed by atoms with E-state index >= 15 is 0 Å². The number of carbonyl (C=O) groups is 4. The van der Waals surface area contributed by atoms with Crippen LogP contribution in [0.1, 0.15) is 45.6 Å². The van der Waals surface area contributed by atoms with E-state index in [2.05, 4.69) is 10.3 Å². The van der Waals surface area contributed by atoms with Gasteiger partial charge in [-0.15, -0.1) is 11.8 Å². The molecule has 4 aliphatic rings. The Kier molecular flexibility index (Phi) is 7.95. The van der Waals surface area contributed by atoms with Crippen LogP contribution in [0, 0.1) is 36.5 Å². The summed E-state index contributed by atoms with van der Waals surface area (Å²) in [6.45, 7) is 3.80. The van der Waals surface area contributed by atoms with Crippen molar-refractivity contribution >= 4 is 58.2 Å². The number of hydrogen-bond donors (Lipinski definition) is 2. The van der Waals surface area contributed by atoms with Gasteiger partial charge in [0.25, 0.3) is 5.91 Å². The lowest BCUT2D eigenvalue weighted by molar-refractivity contribution is -0.123. The quantitative estimate of drug-likeness (QED) is 0.179. The van der Waals surface area contributed by atoms with E-state index in [0.29, 0.717) is 22.7 Å². The number of esters is 1. The monoisotopic (exact) mass is 695 g/mol. The highest BCUT2D eigenvalue weighted by Gasteiger charge is 2.69. The number of H-pyrrole nitrogens is 1. The van der Waals surface area contributed by atoms with Crippen molar-refractivity contribution in [3.8, 4) is 5.75 Å². The molecule has 6 unspecified atom stereocenters. The predicted molar refractivity (Wildman–Crippen MR) is 185 cm³/mol. The Hall–Kier alpha value is -4.68. The number of benzene rings is 3. The molecule has 2 N–H and O–H groups in total. The Morgan fingerprint density at radius 3 is 2.41 bits per heavy atom. The fraction of sp³-hybridized carbons (Fsp3) is 0.324. The number of rotatable bonds is 8. The zero-order valence-electron chi connectivity index (χ0n) is 26.7. The molecule has 10 nitrogen and oxygen atoms in total. The van der Waals surface area contributed by atoms with Crippen molar-refractivity contribution in [3.63, 3.8) is 0 Å². The lowest BCUT2D eigenvalue weighted by Gasteiger charge is -2.43. The van der Waals surface area contributed by atoms with Crippen LogP contribution in [0.3, 0.4) is 0 Å². The summed E-state index contributed by atoms with van der Waals surface area (Å²) in [6.07, 6.45) is 0.775. The van der Waals surface area contributed by atoms with Gasteiger partial charge >= 0.3 is 10.8 Å². The second-order valence-corrected chi connectivity index (χ2v) is 15.2. The standard InChI is InChI=1S/C37H33N3O7S2/c1-3-46-36(44)20-7-11-22(12-8-20)40-34(42)29-24-16-25(30(29)35(40)43)31-28(24)27(32-33(48-31)39-37(45)49-32)19-9-13-23(14-10-19)47-17-26(41)38-21-6-4-5-18(2)15-21/h4-15,24-25,27-31H,3,16-17H2,1-2H3,(H,38,41)(H,39,45)/t24?,25?,27-,28?,29?,30?,31?/m1/s1. The maximum absolute atomic E-state index is 14.1. The number of aromatic nitrogens is 1. The minimum Gasteiger partial charge on any atom is -0.484 e. The molecule has 2 bridgehead atoms. The van der Waals surface area contributed by atoms with E-state index in [9.17, 15) is 24.0 Å². The van der Waals surface area contributed by atoms with Gasteiger partial charge in [0.15, 0.2) is 6.61 Å². The lowest BCUT2D eigenvalue weighted by atomic mass is 9.68. The molecule has 7 atom stereocenters. The average Bonchev–Trinajstić information content (AvgIpc) is 3.83. The minimum atomic E-state index is -0.455. The van der Waals surface area contributed by atoms with Crippen LogP contribution in [0.5, 0.6) is 5.75 Å². The van der Waals surface area contributed by atoms with Gasteiger partial charge in [-0.1, -0.05) is 35.6 Å². The summed E-state index contributed by atoms with van der Waals surface area (Å²) in [5.41, 5.74) is 3.56. The van der Waals surface area contributed by atoms with E-state index in [1.165, 1.54) is 16.2 Å². The molecule has 2 aliphatic heterocycles. The van der Waals surface area contributed by atoms with Crippen molar-refractivity contribution in [2.45, 2.75) is 36.5 Å². The van der Waals surface area contributed by atoms with Gasteiger partial charge in [-0.2, -0.15) is 0 Å². The number of nitrogens with one attached hydrogen (secondary N) is 2. The van der Waals surface area contributed by atoms with Crippen molar-refractivity contribution in [2.75, 3.05) is 23.4 Å². The molecule has 0 spiro atoms. The normalized spacial score (nSPS) is 26.2. The molecule has 250 valence electrons. The molecule has 2 aliphatic carbocycles. The third-order valence-electron chi connectivity index (χ3n) is 10.3. The summed E-state index contributed by atoms with van der Waals surface area (Å²) in [6, 6.07) is 21.6. The highest BCUT2D eigenvalue weighted by molar-refractivity contribution is 8.00. The summed E-state index contributed by atoms with van der Waals surface area (Å²) < 4.78 is 10.9. The summed E-state index contributed by atoms with van der Waals surface area (Å²) in [5, 5.41) is 3.74. The summed E-state index contributed by atoms with van der Waals surface area (Å²) >= 11 is 2.84. The van der Waals surface area contributed by atoms with Crippen molar-refractivity contribution in [1.82, 2.24) is 4.98 Å². The van der Waals surface area contributed by atoms with E-state index in [1.807, 2.05) is 55.5 Å². The van der Waals surface area contributed by atoms with Gasteiger partial charge in [-0.3, -0.25) is 24.1 Å². The number of fused-ring (bicyclic) bond motifs is 9. The summed E-state index contributed by atoms with van der Waals surface area (Å²) in [5.74, 6) is -1.59. The van der Waals surface area contributed by atoms with Gasteiger partial charge in [0.05, 0.1) is 34.7 Å². The first-order valence-corrected chi connectivity index (χ1v) is 18.1. The van der Waals surface area contributed by atoms with Crippen LogP contribution in [0.2, 0.25) is 0 Å². The Balaban J connectivity index is 1.03. The zero-order valence-corrected chi connectivity index (χ0v) is 28.3. The number of thiazole rings is 1. The van der Waals surface area contributed by atoms with E-state index in [0.717, 1.165) is 27.5 Å². The molecule has 8 rings (SSSR count). The molecule has 3 fully saturated rings. The van der Waals surface area contributed by atoms with E-state index in [1.54, 1.807) is 43.0 Å². The van der Waals surface area contributed by atoms with E-state index < -0.39 is 17.8 Å². The van der Waals surface area contributed by atoms with Crippen LogP contribution >= 0.6 is 23.1 Å². The average molecular weight is 696 g/mol. The molecular weight excluding hydrogens is 663 g/mol. The van der Waals surface area contributed by atoms with Gasteiger partial charge in [0.2, 0.25) is 11.8 Å². The Bertz CT molecular complexity index is 2040. The number of thioether (sulfide) groups is 1. The molecule has 2 saturated carbocycles. The third-order valence-corrected chi connectivity index (χ3v) is 12.9. The fourth-order valence-electron chi connectivity index (χ4n) is 8.45. The van der Waals surface area contributed by atoms with Crippen molar-refractivity contribution < 1.29 is 28.7 Å². The molecule has 1 aromatic heterocycles. The predicted octanol–water partition coefficient (Wildman–Crippen LogP) is 5.62. The second-order valence-electron chi connectivity index (χ2n) is 13.0. The number of ether oxygens (including phenoxy) is 2. The molecule has 12 heteroatoms. The first-order valence-electron chi connectivity index (χ1n) is 16.4. The summed E-state index contributed by atoms with van der Waals surface area (Å²) in [7, 11) is 0. The number of aromatic amines is 1. The van der Waals surface area contributed by atoms with Crippen LogP contribution in [0.15, 0.2) is 82.6 Å². The molecule has 3 amide bonds. The number of nitrogens with zero attached hydrogens (tertiary/aromatic N) is 1. The van der Waals surface area contributed by atoms with Crippen molar-refractivity contribution in [3.05, 3.63) is 104 Å². The lowest BCUT2D eigenvalue weighted by Crippen LogP contribution is -2.42. The molecule has 3 aromatic carbocycles. The molecule has 4 aromatic rings. The molecule has 49 heavy (non-hydrogen) atoms. The topological polar surface area (TPSA) is 135 Å². The number of carbonyl (C=O) groups excluding carboxylic acids is 4. The number of aryl methyl sites for hydroxylation is 1. The van der Waals surface area contributed by atoms with E-state index in [-0.39, 0.29) is 64.7 Å². The second kappa shape index (κ2) is 12.3. The number of anilines is 2. The first kappa shape index (κ1) is 31.6. The van der Waals surface area contributed by atoms with E-state index in [4.69, 9.17) is 9.47 Å². The van der Waals surface area contributed by atoms with Crippen LogP contribution < -0.4 is 19.8 Å². The van der Waals surface area contributed by atoms with Gasteiger partial charge < -0.3 is 19.8 Å². The van der Waals surface area contributed by atoms with Crippen LogP contribution in [0.25, 0.3) is 0 Å². The Labute approximate surface area is 290 Å². The fourth-order valence-corrected chi connectivity index (χ4v) is 11.3. The number of hydrogen-bond acceptors (Lipinski definition) is 9. The van der Waals surface area contributed by atoms with Gasteiger partial charge in [0, 0.05) is 21.7 Å². The zero-order chi connectivity index (χ0) is 34.0. The van der Waals surface area contributed by atoms with Crippen molar-refractivity contribution in [1.29, 1.82) is 0 Å². The molecule has 0 radical (unpaired) electrons. The number of imide groups is 1. The largest absolute Gasteiger partial charge is 0.484 e. The molecule has 1 saturated heterocycles. The highest BCUT2D eigenvalue weighted by atomic mass is 32.2. The van der Waals surface area contributed by atoms with Gasteiger partial charge in [-0.05, 0) is 97.7 Å². The first-order chi connectivity index (χ1) is 23.7. The number of amides is 3. The third kappa shape index (κ3) is 5.37. The highest BCUT2D eigenvalue weighted by Crippen LogP contribution is 2.68. The molecular formula is C37H33N3O7S2. The Morgan fingerprint density at radius 1 is 0.959 bits per heavy atom. The maximum atomic E-state index is 14.1. The van der Waals surface area contributed by atoms with Crippen LogP contribution in [-0.4, -0.2) is 47.1 Å². The Morgan fingerprint density at radius 2 is 1.69 bits per heavy atom.